The monoisotopic (exact) mass is 193 g/mol. The second-order valence-corrected chi connectivity index (χ2v) is 5.20. The Morgan fingerprint density at radius 1 is 1.17 bits per heavy atom. The van der Waals surface area contributed by atoms with Gasteiger partial charge >= 0.3 is 0 Å². The molecule has 0 aromatic heterocycles. The fourth-order valence-electron chi connectivity index (χ4n) is 1.05. The first-order chi connectivity index (χ1) is 5.50. The Labute approximate surface area is 75.8 Å². The summed E-state index contributed by atoms with van der Waals surface area (Å²) in [5.41, 5.74) is 0. The summed E-state index contributed by atoms with van der Waals surface area (Å²) in [7, 11) is -3.02. The van der Waals surface area contributed by atoms with Crippen molar-refractivity contribution < 1.29 is 8.42 Å². The van der Waals surface area contributed by atoms with Crippen LogP contribution in [0.2, 0.25) is 0 Å². The van der Waals surface area contributed by atoms with Crippen molar-refractivity contribution in [2.75, 3.05) is 13.1 Å². The van der Waals surface area contributed by atoms with E-state index in [9.17, 15) is 8.42 Å². The molecule has 0 fully saturated rings. The molecule has 0 amide bonds. The predicted molar refractivity (Wildman–Crippen MR) is 51.6 cm³/mol. The summed E-state index contributed by atoms with van der Waals surface area (Å²) >= 11 is 0. The highest BCUT2D eigenvalue weighted by Crippen LogP contribution is 2.10. The Bertz CT molecular complexity index is 207. The van der Waals surface area contributed by atoms with E-state index >= 15 is 0 Å². The zero-order chi connectivity index (χ0) is 9.78. The highest BCUT2D eigenvalue weighted by atomic mass is 32.2. The number of nitrogens with zero attached hydrogens (tertiary/aromatic N) is 1. The first kappa shape index (κ1) is 11.9. The van der Waals surface area contributed by atoms with E-state index in [1.54, 1.807) is 6.92 Å². The van der Waals surface area contributed by atoms with Gasteiger partial charge in [0.05, 0.1) is 5.25 Å². The van der Waals surface area contributed by atoms with Crippen LogP contribution in [0, 0.1) is 0 Å². The predicted octanol–water partition coefficient (Wildman–Crippen LogP) is 1.46. The normalized spacial score (nSPS) is 15.1. The largest absolute Gasteiger partial charge is 0.216 e. The highest BCUT2D eigenvalue weighted by Gasteiger charge is 2.24. The van der Waals surface area contributed by atoms with E-state index < -0.39 is 10.0 Å². The summed E-state index contributed by atoms with van der Waals surface area (Å²) in [5, 5.41) is -0.252. The Morgan fingerprint density at radius 2 is 1.58 bits per heavy atom. The standard InChI is InChI=1S/C8H19NO2S/c1-5-8(4)12(10,11)9(6-2)7-3/h8H,5-7H2,1-4H3. The summed E-state index contributed by atoms with van der Waals surface area (Å²) in [5.74, 6) is 0. The molecule has 74 valence electrons. The minimum Gasteiger partial charge on any atom is -0.212 e. The van der Waals surface area contributed by atoms with E-state index in [1.807, 2.05) is 20.8 Å². The molecule has 0 aliphatic heterocycles. The summed E-state index contributed by atoms with van der Waals surface area (Å²) < 4.78 is 24.8. The molecule has 4 heteroatoms. The van der Waals surface area contributed by atoms with Crippen LogP contribution < -0.4 is 0 Å². The van der Waals surface area contributed by atoms with Gasteiger partial charge in [-0.2, -0.15) is 0 Å². The van der Waals surface area contributed by atoms with Crippen molar-refractivity contribution in [3.63, 3.8) is 0 Å². The molecular weight excluding hydrogens is 174 g/mol. The highest BCUT2D eigenvalue weighted by molar-refractivity contribution is 7.89. The van der Waals surface area contributed by atoms with E-state index in [0.717, 1.165) is 0 Å². The van der Waals surface area contributed by atoms with Gasteiger partial charge in [0.1, 0.15) is 0 Å². The van der Waals surface area contributed by atoms with E-state index in [0.29, 0.717) is 19.5 Å². The second-order valence-electron chi connectivity index (χ2n) is 2.85. The summed E-state index contributed by atoms with van der Waals surface area (Å²) in [4.78, 5) is 0. The van der Waals surface area contributed by atoms with Crippen molar-refractivity contribution in [3.8, 4) is 0 Å². The molecule has 0 aromatic rings. The molecule has 0 radical (unpaired) electrons. The quantitative estimate of drug-likeness (QED) is 0.663. The van der Waals surface area contributed by atoms with Gasteiger partial charge < -0.3 is 0 Å². The minimum absolute atomic E-state index is 0.252. The Hall–Kier alpha value is -0.0900. The third-order valence-corrected chi connectivity index (χ3v) is 4.74. The molecule has 12 heavy (non-hydrogen) atoms. The van der Waals surface area contributed by atoms with Crippen LogP contribution in [0.5, 0.6) is 0 Å². The van der Waals surface area contributed by atoms with E-state index in [1.165, 1.54) is 4.31 Å². The summed E-state index contributed by atoms with van der Waals surface area (Å²) in [6, 6.07) is 0. The van der Waals surface area contributed by atoms with E-state index in [2.05, 4.69) is 0 Å². The van der Waals surface area contributed by atoms with Crippen LogP contribution in [0.1, 0.15) is 34.1 Å². The van der Waals surface area contributed by atoms with Gasteiger partial charge in [-0.05, 0) is 13.3 Å². The van der Waals surface area contributed by atoms with Crippen molar-refractivity contribution in [2.24, 2.45) is 0 Å². The van der Waals surface area contributed by atoms with Gasteiger partial charge in [0, 0.05) is 13.1 Å². The van der Waals surface area contributed by atoms with Gasteiger partial charge in [-0.15, -0.1) is 0 Å². The lowest BCUT2D eigenvalue weighted by Gasteiger charge is -2.22. The van der Waals surface area contributed by atoms with Crippen molar-refractivity contribution in [3.05, 3.63) is 0 Å². The third kappa shape index (κ3) is 2.45. The maximum atomic E-state index is 11.6. The lowest BCUT2D eigenvalue weighted by atomic mass is 10.4. The Kier molecular flexibility index (Phi) is 4.78. The molecule has 0 spiro atoms. The van der Waals surface area contributed by atoms with Crippen molar-refractivity contribution in [2.45, 2.75) is 39.4 Å². The molecule has 0 saturated heterocycles. The van der Waals surface area contributed by atoms with Gasteiger partial charge in [0.2, 0.25) is 10.0 Å². The van der Waals surface area contributed by atoms with Gasteiger partial charge in [0.15, 0.2) is 0 Å². The zero-order valence-electron chi connectivity index (χ0n) is 8.37. The lowest BCUT2D eigenvalue weighted by Crippen LogP contribution is -2.36. The van der Waals surface area contributed by atoms with Gasteiger partial charge in [-0.25, -0.2) is 12.7 Å². The van der Waals surface area contributed by atoms with Crippen molar-refractivity contribution in [1.29, 1.82) is 0 Å². The fourth-order valence-corrected chi connectivity index (χ4v) is 2.70. The first-order valence-corrected chi connectivity index (χ1v) is 5.99. The summed E-state index contributed by atoms with van der Waals surface area (Å²) in [6.45, 7) is 8.53. The van der Waals surface area contributed by atoms with Gasteiger partial charge in [-0.1, -0.05) is 20.8 Å². The molecule has 0 N–H and O–H groups in total. The van der Waals surface area contributed by atoms with Crippen LogP contribution in [-0.4, -0.2) is 31.1 Å². The maximum absolute atomic E-state index is 11.6. The molecule has 0 saturated carbocycles. The van der Waals surface area contributed by atoms with Gasteiger partial charge in [-0.3, -0.25) is 0 Å². The average molecular weight is 193 g/mol. The van der Waals surface area contributed by atoms with E-state index in [-0.39, 0.29) is 5.25 Å². The second kappa shape index (κ2) is 4.82. The Balaban J connectivity index is 4.58. The number of sulfonamides is 1. The van der Waals surface area contributed by atoms with Crippen molar-refractivity contribution in [1.82, 2.24) is 4.31 Å². The molecule has 1 unspecified atom stereocenters. The molecule has 0 aromatic carbocycles. The molecule has 0 aliphatic rings. The molecule has 1 atom stereocenters. The topological polar surface area (TPSA) is 37.4 Å². The average Bonchev–Trinajstić information content (AvgIpc) is 2.04. The smallest absolute Gasteiger partial charge is 0.212 e. The van der Waals surface area contributed by atoms with Crippen LogP contribution in [0.15, 0.2) is 0 Å². The molecule has 3 nitrogen and oxygen atoms in total. The van der Waals surface area contributed by atoms with E-state index in [4.69, 9.17) is 0 Å². The van der Waals surface area contributed by atoms with Gasteiger partial charge in [0.25, 0.3) is 0 Å². The summed E-state index contributed by atoms with van der Waals surface area (Å²) in [6.07, 6.45) is 0.679. The van der Waals surface area contributed by atoms with Crippen LogP contribution in [0.4, 0.5) is 0 Å². The molecule has 0 heterocycles. The zero-order valence-corrected chi connectivity index (χ0v) is 9.19. The van der Waals surface area contributed by atoms with Crippen LogP contribution in [0.3, 0.4) is 0 Å². The number of hydrogen-bond donors (Lipinski definition) is 0. The molecular formula is C8H19NO2S. The molecule has 0 bridgehead atoms. The molecule has 0 rings (SSSR count). The number of rotatable bonds is 5. The van der Waals surface area contributed by atoms with Crippen LogP contribution in [0.25, 0.3) is 0 Å². The SMILES string of the molecule is CCC(C)S(=O)(=O)N(CC)CC. The Morgan fingerprint density at radius 3 is 1.83 bits per heavy atom. The maximum Gasteiger partial charge on any atom is 0.216 e. The minimum atomic E-state index is -3.02. The molecule has 0 aliphatic carbocycles. The first-order valence-electron chi connectivity index (χ1n) is 4.49. The number of hydrogen-bond acceptors (Lipinski definition) is 2. The van der Waals surface area contributed by atoms with Crippen molar-refractivity contribution >= 4 is 10.0 Å². The van der Waals surface area contributed by atoms with Crippen LogP contribution >= 0.6 is 0 Å². The lowest BCUT2D eigenvalue weighted by molar-refractivity contribution is 0.436. The third-order valence-electron chi connectivity index (χ3n) is 2.15. The fraction of sp³-hybridized carbons (Fsp3) is 1.00. The van der Waals surface area contributed by atoms with Crippen LogP contribution in [-0.2, 0) is 10.0 Å².